The Balaban J connectivity index is 1.51. The van der Waals surface area contributed by atoms with Crippen LogP contribution in [0.2, 0.25) is 0 Å². The van der Waals surface area contributed by atoms with Gasteiger partial charge in [-0.2, -0.15) is 0 Å². The van der Waals surface area contributed by atoms with Gasteiger partial charge in [0, 0.05) is 16.9 Å². The van der Waals surface area contributed by atoms with Crippen molar-refractivity contribution in [2.75, 3.05) is 29.3 Å². The molecule has 0 aliphatic carbocycles. The van der Waals surface area contributed by atoms with Crippen LogP contribution in [0.3, 0.4) is 0 Å². The fourth-order valence-electron chi connectivity index (χ4n) is 3.72. The van der Waals surface area contributed by atoms with Crippen molar-refractivity contribution in [3.05, 3.63) is 94.1 Å². The SMILES string of the molecule is CCOC(=O)c1ccc(NC(=O)c2ccc(C)c(NC3=C(Cl)C(=O)N(c4ccc(OC)cc4)C3=O)c2)cc1. The van der Waals surface area contributed by atoms with Crippen LogP contribution < -0.4 is 20.3 Å². The first-order chi connectivity index (χ1) is 18.2. The number of amides is 3. The normalized spacial score (nSPS) is 13.0. The minimum absolute atomic E-state index is 0.0947. The molecular formula is C28H24ClN3O6. The molecule has 1 aliphatic rings. The van der Waals surface area contributed by atoms with Crippen LogP contribution in [0.1, 0.15) is 33.2 Å². The van der Waals surface area contributed by atoms with Gasteiger partial charge in [-0.3, -0.25) is 14.4 Å². The number of nitrogens with one attached hydrogen (secondary N) is 2. The number of hydrogen-bond donors (Lipinski definition) is 2. The molecule has 0 saturated carbocycles. The highest BCUT2D eigenvalue weighted by Crippen LogP contribution is 2.32. The third-order valence-corrected chi connectivity index (χ3v) is 6.12. The number of aryl methyl sites for hydroxylation is 1. The van der Waals surface area contributed by atoms with Crippen LogP contribution in [0.4, 0.5) is 17.1 Å². The molecule has 3 aromatic carbocycles. The fourth-order valence-corrected chi connectivity index (χ4v) is 3.93. The Morgan fingerprint density at radius 3 is 2.21 bits per heavy atom. The molecule has 38 heavy (non-hydrogen) atoms. The number of carbonyl (C=O) groups excluding carboxylic acids is 4. The number of methoxy groups -OCH3 is 1. The molecular weight excluding hydrogens is 510 g/mol. The van der Waals surface area contributed by atoms with Gasteiger partial charge in [-0.05, 0) is 80.1 Å². The lowest BCUT2D eigenvalue weighted by Gasteiger charge is -2.16. The molecule has 3 amide bonds. The standard InChI is InChI=1S/C28H24ClN3O6/c1-4-38-28(36)17-7-9-19(10-8-17)30-25(33)18-6-5-16(2)22(15-18)31-24-23(29)26(34)32(27(24)35)20-11-13-21(37-3)14-12-20/h5-15,31H,4H2,1-3H3,(H,30,33). The van der Waals surface area contributed by atoms with Gasteiger partial charge in [0.05, 0.1) is 25.0 Å². The molecule has 0 atom stereocenters. The Labute approximate surface area is 224 Å². The average Bonchev–Trinajstić information content (AvgIpc) is 3.13. The monoisotopic (exact) mass is 533 g/mol. The Kier molecular flexibility index (Phi) is 7.78. The number of halogens is 1. The van der Waals surface area contributed by atoms with Gasteiger partial charge in [0.25, 0.3) is 17.7 Å². The predicted octanol–water partition coefficient (Wildman–Crippen LogP) is 4.87. The minimum atomic E-state index is -0.665. The first-order valence-electron chi connectivity index (χ1n) is 11.6. The van der Waals surface area contributed by atoms with E-state index in [-0.39, 0.29) is 17.3 Å². The summed E-state index contributed by atoms with van der Waals surface area (Å²) < 4.78 is 10.1. The van der Waals surface area contributed by atoms with Crippen LogP contribution in [0, 0.1) is 6.92 Å². The second kappa shape index (κ2) is 11.2. The predicted molar refractivity (Wildman–Crippen MR) is 144 cm³/mol. The smallest absolute Gasteiger partial charge is 0.338 e. The molecule has 0 fully saturated rings. The van der Waals surface area contributed by atoms with Crippen LogP contribution in [-0.2, 0) is 14.3 Å². The second-order valence-electron chi connectivity index (χ2n) is 8.24. The molecule has 3 aromatic rings. The van der Waals surface area contributed by atoms with Gasteiger partial charge in [0.1, 0.15) is 16.5 Å². The highest BCUT2D eigenvalue weighted by atomic mass is 35.5. The number of carbonyl (C=O) groups is 4. The lowest BCUT2D eigenvalue weighted by Crippen LogP contribution is -2.32. The zero-order valence-corrected chi connectivity index (χ0v) is 21.6. The summed E-state index contributed by atoms with van der Waals surface area (Å²) in [5, 5.41) is 5.43. The van der Waals surface area contributed by atoms with Crippen molar-refractivity contribution in [3.8, 4) is 5.75 Å². The largest absolute Gasteiger partial charge is 0.497 e. The van der Waals surface area contributed by atoms with Crippen molar-refractivity contribution < 1.29 is 28.7 Å². The van der Waals surface area contributed by atoms with Crippen LogP contribution in [-0.4, -0.2) is 37.4 Å². The summed E-state index contributed by atoms with van der Waals surface area (Å²) in [6.45, 7) is 3.77. The lowest BCUT2D eigenvalue weighted by atomic mass is 10.1. The molecule has 0 aromatic heterocycles. The number of esters is 1. The van der Waals surface area contributed by atoms with E-state index in [0.29, 0.717) is 33.9 Å². The molecule has 0 saturated heterocycles. The van der Waals surface area contributed by atoms with Crippen molar-refractivity contribution >= 4 is 52.4 Å². The summed E-state index contributed by atoms with van der Waals surface area (Å²) >= 11 is 6.26. The van der Waals surface area contributed by atoms with E-state index >= 15 is 0 Å². The third-order valence-electron chi connectivity index (χ3n) is 5.77. The first kappa shape index (κ1) is 26.4. The number of benzene rings is 3. The van der Waals surface area contributed by atoms with Gasteiger partial charge in [-0.1, -0.05) is 17.7 Å². The number of nitrogens with zero attached hydrogens (tertiary/aromatic N) is 1. The van der Waals surface area contributed by atoms with E-state index in [2.05, 4.69) is 10.6 Å². The van der Waals surface area contributed by atoms with Crippen molar-refractivity contribution in [1.82, 2.24) is 0 Å². The van der Waals surface area contributed by atoms with Crippen LogP contribution in [0.5, 0.6) is 5.75 Å². The van der Waals surface area contributed by atoms with Crippen molar-refractivity contribution in [2.24, 2.45) is 0 Å². The van der Waals surface area contributed by atoms with E-state index < -0.39 is 23.7 Å². The molecule has 194 valence electrons. The maximum atomic E-state index is 13.1. The zero-order chi connectivity index (χ0) is 27.4. The maximum Gasteiger partial charge on any atom is 0.338 e. The highest BCUT2D eigenvalue weighted by Gasteiger charge is 2.39. The van der Waals surface area contributed by atoms with E-state index in [1.165, 1.54) is 7.11 Å². The van der Waals surface area contributed by atoms with E-state index in [9.17, 15) is 19.2 Å². The third kappa shape index (κ3) is 5.37. The topological polar surface area (TPSA) is 114 Å². The average molecular weight is 534 g/mol. The molecule has 1 aliphatic heterocycles. The van der Waals surface area contributed by atoms with Crippen LogP contribution in [0.15, 0.2) is 77.5 Å². The molecule has 1 heterocycles. The van der Waals surface area contributed by atoms with Gasteiger partial charge in [0.2, 0.25) is 0 Å². The van der Waals surface area contributed by atoms with Crippen molar-refractivity contribution in [3.63, 3.8) is 0 Å². The summed E-state index contributed by atoms with van der Waals surface area (Å²) in [6.07, 6.45) is 0. The quantitative estimate of drug-likeness (QED) is 0.313. The Bertz CT molecular complexity index is 1450. The van der Waals surface area contributed by atoms with Gasteiger partial charge < -0.3 is 20.1 Å². The summed E-state index contributed by atoms with van der Waals surface area (Å²) in [7, 11) is 1.51. The fraction of sp³-hybridized carbons (Fsp3) is 0.143. The molecule has 0 radical (unpaired) electrons. The molecule has 9 nitrogen and oxygen atoms in total. The number of hydrogen-bond acceptors (Lipinski definition) is 7. The summed E-state index contributed by atoms with van der Waals surface area (Å²) in [5.74, 6) is -1.57. The highest BCUT2D eigenvalue weighted by molar-refractivity contribution is 6.53. The molecule has 0 spiro atoms. The van der Waals surface area contributed by atoms with Crippen LogP contribution >= 0.6 is 11.6 Å². The van der Waals surface area contributed by atoms with Gasteiger partial charge >= 0.3 is 5.97 Å². The number of imide groups is 1. The van der Waals surface area contributed by atoms with Gasteiger partial charge in [-0.25, -0.2) is 9.69 Å². The molecule has 0 bridgehead atoms. The zero-order valence-electron chi connectivity index (χ0n) is 20.8. The Hall–Kier alpha value is -4.63. The summed E-state index contributed by atoms with van der Waals surface area (Å²) in [6, 6.07) is 17.6. The molecule has 10 heteroatoms. The lowest BCUT2D eigenvalue weighted by molar-refractivity contribution is -0.120. The van der Waals surface area contributed by atoms with Gasteiger partial charge in [-0.15, -0.1) is 0 Å². The maximum absolute atomic E-state index is 13.1. The van der Waals surface area contributed by atoms with Crippen molar-refractivity contribution in [1.29, 1.82) is 0 Å². The van der Waals surface area contributed by atoms with E-state index in [1.807, 2.05) is 0 Å². The van der Waals surface area contributed by atoms with E-state index in [0.717, 1.165) is 10.5 Å². The van der Waals surface area contributed by atoms with E-state index in [1.54, 1.807) is 80.6 Å². The second-order valence-corrected chi connectivity index (χ2v) is 8.62. The first-order valence-corrected chi connectivity index (χ1v) is 12.0. The number of anilines is 3. The molecule has 2 N–H and O–H groups in total. The minimum Gasteiger partial charge on any atom is -0.497 e. The van der Waals surface area contributed by atoms with Crippen LogP contribution in [0.25, 0.3) is 0 Å². The van der Waals surface area contributed by atoms with Gasteiger partial charge in [0.15, 0.2) is 0 Å². The number of ether oxygens (including phenoxy) is 2. The summed E-state index contributed by atoms with van der Waals surface area (Å²) in [5.41, 5.74) is 2.55. The summed E-state index contributed by atoms with van der Waals surface area (Å²) in [4.78, 5) is 51.6. The van der Waals surface area contributed by atoms with E-state index in [4.69, 9.17) is 21.1 Å². The molecule has 0 unspecified atom stereocenters. The molecule has 4 rings (SSSR count). The Morgan fingerprint density at radius 1 is 0.921 bits per heavy atom. The number of rotatable bonds is 8. The van der Waals surface area contributed by atoms with Crippen molar-refractivity contribution in [2.45, 2.75) is 13.8 Å². The Morgan fingerprint density at radius 2 is 1.58 bits per heavy atom.